The molecule has 7 nitrogen and oxygen atoms in total. The molecule has 0 fully saturated rings. The predicted molar refractivity (Wildman–Crippen MR) is 118 cm³/mol. The summed E-state index contributed by atoms with van der Waals surface area (Å²) < 4.78 is 18.4. The van der Waals surface area contributed by atoms with Gasteiger partial charge in [-0.25, -0.2) is 9.18 Å². The molecular weight excluding hydrogens is 397 g/mol. The van der Waals surface area contributed by atoms with Crippen LogP contribution < -0.4 is 16.1 Å². The third-order valence-corrected chi connectivity index (χ3v) is 5.94. The van der Waals surface area contributed by atoms with Crippen molar-refractivity contribution in [2.24, 2.45) is 7.05 Å². The lowest BCUT2D eigenvalue weighted by atomic mass is 10.1. The molecule has 158 valence electrons. The number of hydrogen-bond acceptors (Lipinski definition) is 4. The Labute approximate surface area is 177 Å². The van der Waals surface area contributed by atoms with E-state index in [1.165, 1.54) is 16.2 Å². The molecule has 0 aliphatic carbocycles. The lowest BCUT2D eigenvalue weighted by Gasteiger charge is -2.16. The molecule has 3 heterocycles. The average Bonchev–Trinajstić information content (AvgIpc) is 3.36. The molecule has 8 heteroatoms. The van der Waals surface area contributed by atoms with Gasteiger partial charge in [-0.05, 0) is 30.2 Å². The van der Waals surface area contributed by atoms with Crippen LogP contribution in [-0.2, 0) is 26.6 Å². The minimum atomic E-state index is -0.517. The number of rotatable bonds is 4. The lowest BCUT2D eigenvalue weighted by molar-refractivity contribution is 0.582. The molecule has 0 spiro atoms. The zero-order valence-corrected chi connectivity index (χ0v) is 17.4. The Morgan fingerprint density at radius 2 is 1.77 bits per heavy atom. The van der Waals surface area contributed by atoms with Gasteiger partial charge in [0.2, 0.25) is 5.95 Å². The summed E-state index contributed by atoms with van der Waals surface area (Å²) in [7, 11) is 1.59. The van der Waals surface area contributed by atoms with Crippen LogP contribution in [0.15, 0.2) is 58.1 Å². The number of halogens is 1. The summed E-state index contributed by atoms with van der Waals surface area (Å²) in [6.45, 7) is 3.24. The van der Waals surface area contributed by atoms with Gasteiger partial charge in [0.25, 0.3) is 5.56 Å². The first-order valence-corrected chi connectivity index (χ1v) is 10.3. The largest absolute Gasteiger partial charge is 0.332 e. The molecule has 0 N–H and O–H groups in total. The Bertz CT molecular complexity index is 1420. The number of aryl methyl sites for hydroxylation is 2. The van der Waals surface area contributed by atoms with Crippen LogP contribution in [-0.4, -0.2) is 25.2 Å². The molecule has 2 aromatic heterocycles. The SMILES string of the molecule is CCc1ccc(N2CCn3c2nc2c3c(=O)n(Cc3ccccc3F)c(=O)n2C)cc1. The molecule has 0 atom stereocenters. The summed E-state index contributed by atoms with van der Waals surface area (Å²) in [6, 6.07) is 14.4. The summed E-state index contributed by atoms with van der Waals surface area (Å²) in [5.41, 5.74) is 2.25. The van der Waals surface area contributed by atoms with E-state index < -0.39 is 17.1 Å². The molecule has 2 aromatic carbocycles. The van der Waals surface area contributed by atoms with Gasteiger partial charge < -0.3 is 9.47 Å². The van der Waals surface area contributed by atoms with Gasteiger partial charge in [-0.15, -0.1) is 0 Å². The monoisotopic (exact) mass is 419 g/mol. The summed E-state index contributed by atoms with van der Waals surface area (Å²) in [5.74, 6) is 0.187. The van der Waals surface area contributed by atoms with E-state index in [1.54, 1.807) is 25.2 Å². The summed E-state index contributed by atoms with van der Waals surface area (Å²) in [4.78, 5) is 32.9. The minimum absolute atomic E-state index is 0.128. The van der Waals surface area contributed by atoms with Crippen LogP contribution in [0.3, 0.4) is 0 Å². The Kier molecular flexibility index (Phi) is 4.50. The third-order valence-electron chi connectivity index (χ3n) is 5.94. The molecule has 0 amide bonds. The van der Waals surface area contributed by atoms with Crippen molar-refractivity contribution in [2.45, 2.75) is 26.4 Å². The van der Waals surface area contributed by atoms with Crippen molar-refractivity contribution < 1.29 is 4.39 Å². The molecule has 0 bridgehead atoms. The number of imidazole rings is 1. The van der Waals surface area contributed by atoms with Gasteiger partial charge in [-0.3, -0.25) is 13.9 Å². The molecule has 0 unspecified atom stereocenters. The van der Waals surface area contributed by atoms with E-state index in [1.807, 2.05) is 21.6 Å². The van der Waals surface area contributed by atoms with Crippen LogP contribution >= 0.6 is 0 Å². The first-order valence-electron chi connectivity index (χ1n) is 10.3. The second-order valence-electron chi connectivity index (χ2n) is 7.73. The maximum Gasteiger partial charge on any atom is 0.332 e. The van der Waals surface area contributed by atoms with Crippen LogP contribution in [0, 0.1) is 5.82 Å². The number of anilines is 2. The quantitative estimate of drug-likeness (QED) is 0.510. The first-order chi connectivity index (χ1) is 15.0. The fourth-order valence-electron chi connectivity index (χ4n) is 4.17. The van der Waals surface area contributed by atoms with Gasteiger partial charge in [-0.2, -0.15) is 4.98 Å². The normalized spacial score (nSPS) is 13.2. The van der Waals surface area contributed by atoms with E-state index in [2.05, 4.69) is 24.0 Å². The van der Waals surface area contributed by atoms with E-state index in [4.69, 9.17) is 0 Å². The van der Waals surface area contributed by atoms with E-state index in [9.17, 15) is 14.0 Å². The maximum absolute atomic E-state index is 14.2. The maximum atomic E-state index is 14.2. The third kappa shape index (κ3) is 2.98. The standard InChI is InChI=1S/C23H22FN5O2/c1-3-15-8-10-17(11-9-15)27-12-13-28-19-20(25-22(27)28)26(2)23(31)29(21(19)30)14-16-6-4-5-7-18(16)24/h4-11H,3,12-14H2,1-2H3. The number of fused-ring (bicyclic) bond motifs is 3. The van der Waals surface area contributed by atoms with E-state index >= 15 is 0 Å². The van der Waals surface area contributed by atoms with Crippen molar-refractivity contribution in [3.05, 3.63) is 86.3 Å². The van der Waals surface area contributed by atoms with Gasteiger partial charge >= 0.3 is 5.69 Å². The highest BCUT2D eigenvalue weighted by Gasteiger charge is 2.28. The van der Waals surface area contributed by atoms with Crippen LogP contribution in [0.2, 0.25) is 0 Å². The lowest BCUT2D eigenvalue weighted by Crippen LogP contribution is -2.40. The molecule has 31 heavy (non-hydrogen) atoms. The summed E-state index contributed by atoms with van der Waals surface area (Å²) in [5, 5.41) is 0. The highest BCUT2D eigenvalue weighted by Crippen LogP contribution is 2.31. The molecule has 0 saturated carbocycles. The topological polar surface area (TPSA) is 65.1 Å². The van der Waals surface area contributed by atoms with Crippen molar-refractivity contribution in [2.75, 3.05) is 11.4 Å². The summed E-state index contributed by atoms with van der Waals surface area (Å²) in [6.07, 6.45) is 0.961. The first kappa shape index (κ1) is 19.3. The molecule has 0 radical (unpaired) electrons. The van der Waals surface area contributed by atoms with Gasteiger partial charge in [0.05, 0.1) is 6.54 Å². The Hall–Kier alpha value is -3.68. The molecule has 1 aliphatic heterocycles. The highest BCUT2D eigenvalue weighted by atomic mass is 19.1. The zero-order chi connectivity index (χ0) is 21.7. The number of hydrogen-bond donors (Lipinski definition) is 0. The highest BCUT2D eigenvalue weighted by molar-refractivity contribution is 5.77. The number of aromatic nitrogens is 4. The molecule has 0 saturated heterocycles. The van der Waals surface area contributed by atoms with E-state index in [-0.39, 0.29) is 6.54 Å². The van der Waals surface area contributed by atoms with Crippen molar-refractivity contribution in [3.63, 3.8) is 0 Å². The number of benzene rings is 2. The van der Waals surface area contributed by atoms with Gasteiger partial charge in [0.1, 0.15) is 5.82 Å². The van der Waals surface area contributed by atoms with Crippen molar-refractivity contribution in [3.8, 4) is 0 Å². The fraction of sp³-hybridized carbons (Fsp3) is 0.261. The van der Waals surface area contributed by atoms with E-state index in [0.29, 0.717) is 35.8 Å². The second kappa shape index (κ2) is 7.23. The van der Waals surface area contributed by atoms with Gasteiger partial charge in [0, 0.05) is 31.4 Å². The van der Waals surface area contributed by atoms with Gasteiger partial charge in [0.15, 0.2) is 11.2 Å². The fourth-order valence-corrected chi connectivity index (χ4v) is 4.17. The van der Waals surface area contributed by atoms with Crippen molar-refractivity contribution in [1.29, 1.82) is 0 Å². The molecular formula is C23H22FN5O2. The van der Waals surface area contributed by atoms with E-state index in [0.717, 1.165) is 16.7 Å². The van der Waals surface area contributed by atoms with Crippen LogP contribution in [0.4, 0.5) is 16.0 Å². The Balaban J connectivity index is 1.65. The molecule has 5 rings (SSSR count). The van der Waals surface area contributed by atoms with Crippen molar-refractivity contribution in [1.82, 2.24) is 18.7 Å². The van der Waals surface area contributed by atoms with Crippen LogP contribution in [0.1, 0.15) is 18.1 Å². The molecule has 4 aromatic rings. The van der Waals surface area contributed by atoms with Crippen LogP contribution in [0.5, 0.6) is 0 Å². The minimum Gasteiger partial charge on any atom is -0.310 e. The van der Waals surface area contributed by atoms with Gasteiger partial charge in [-0.1, -0.05) is 37.3 Å². The predicted octanol–water partition coefficient (Wildman–Crippen LogP) is 2.80. The average molecular weight is 419 g/mol. The summed E-state index contributed by atoms with van der Waals surface area (Å²) >= 11 is 0. The Morgan fingerprint density at radius 3 is 2.48 bits per heavy atom. The smallest absolute Gasteiger partial charge is 0.310 e. The second-order valence-corrected chi connectivity index (χ2v) is 7.73. The number of nitrogens with zero attached hydrogens (tertiary/aromatic N) is 5. The zero-order valence-electron chi connectivity index (χ0n) is 17.4. The van der Waals surface area contributed by atoms with Crippen molar-refractivity contribution >= 4 is 22.8 Å². The molecule has 1 aliphatic rings. The van der Waals surface area contributed by atoms with Crippen LogP contribution in [0.25, 0.3) is 11.2 Å². The Morgan fingerprint density at radius 1 is 1.03 bits per heavy atom.